The van der Waals surface area contributed by atoms with Gasteiger partial charge in [0.25, 0.3) is 0 Å². The third-order valence-electron chi connectivity index (χ3n) is 4.39. The van der Waals surface area contributed by atoms with Crippen LogP contribution in [0.5, 0.6) is 0 Å². The summed E-state index contributed by atoms with van der Waals surface area (Å²) < 4.78 is 18.4. The molecule has 2 atom stereocenters. The van der Waals surface area contributed by atoms with Crippen molar-refractivity contribution in [2.24, 2.45) is 0 Å². The summed E-state index contributed by atoms with van der Waals surface area (Å²) in [5.74, 6) is 1.66. The molecule has 0 aromatic rings. The zero-order chi connectivity index (χ0) is 17.0. The predicted molar refractivity (Wildman–Crippen MR) is 107 cm³/mol. The van der Waals surface area contributed by atoms with Crippen LogP contribution in [-0.4, -0.2) is 33.1 Å². The van der Waals surface area contributed by atoms with E-state index >= 15 is 0 Å². The first-order chi connectivity index (χ1) is 10.3. The molecule has 0 amide bonds. The second-order valence-electron chi connectivity index (χ2n) is 7.27. The quantitative estimate of drug-likeness (QED) is 0.302. The van der Waals surface area contributed by atoms with Crippen molar-refractivity contribution in [3.05, 3.63) is 0 Å². The van der Waals surface area contributed by atoms with Gasteiger partial charge in [0.15, 0.2) is 17.4 Å². The van der Waals surface area contributed by atoms with Crippen molar-refractivity contribution in [1.82, 2.24) is 0 Å². The van der Waals surface area contributed by atoms with Crippen LogP contribution < -0.4 is 0 Å². The van der Waals surface area contributed by atoms with E-state index in [0.717, 1.165) is 11.5 Å². The Bertz CT molecular complexity index is 296. The highest BCUT2D eigenvalue weighted by Gasteiger charge is 2.34. The Kier molecular flexibility index (Phi) is 13.2. The van der Waals surface area contributed by atoms with Gasteiger partial charge in [-0.1, -0.05) is 58.8 Å². The topological polar surface area (TPSA) is 26.3 Å². The molecule has 0 radical (unpaired) electrons. The van der Waals surface area contributed by atoms with Crippen molar-refractivity contribution in [2.45, 2.75) is 96.9 Å². The summed E-state index contributed by atoms with van der Waals surface area (Å²) in [5, 5.41) is 0. The summed E-state index contributed by atoms with van der Waals surface area (Å²) in [4.78, 5) is 0. The van der Waals surface area contributed by atoms with Crippen LogP contribution in [0.4, 0.5) is 0 Å². The molecule has 0 aliphatic heterocycles. The molecule has 2 nitrogen and oxygen atoms in total. The van der Waals surface area contributed by atoms with Gasteiger partial charge >= 0.3 is 0 Å². The van der Waals surface area contributed by atoms with Crippen LogP contribution in [0.3, 0.4) is 0 Å². The molecule has 0 saturated heterocycles. The second-order valence-corrected chi connectivity index (χ2v) is 16.1. The van der Waals surface area contributed by atoms with Crippen molar-refractivity contribution < 1.29 is 8.32 Å². The van der Waals surface area contributed by atoms with Crippen LogP contribution in [0.2, 0.25) is 31.7 Å². The van der Waals surface area contributed by atoms with Gasteiger partial charge in [-0.05, 0) is 38.2 Å². The molecule has 5 heteroatoms. The molecule has 0 saturated carbocycles. The minimum absolute atomic E-state index is 0.568. The fourth-order valence-corrected chi connectivity index (χ4v) is 12.6. The smallest absolute Gasteiger partial charge is 0.177 e. The lowest BCUT2D eigenvalue weighted by Gasteiger charge is -2.34. The summed E-state index contributed by atoms with van der Waals surface area (Å²) in [5.41, 5.74) is 0.568. The summed E-state index contributed by atoms with van der Waals surface area (Å²) >= 11 is 0. The second kappa shape index (κ2) is 12.9. The van der Waals surface area contributed by atoms with Gasteiger partial charge < -0.3 is 4.12 Å². The lowest BCUT2D eigenvalue weighted by Crippen LogP contribution is -2.42. The number of unbranched alkanes of at least 4 members (excludes halogenated alkanes) is 6. The minimum atomic E-state index is -1.69. The molecule has 0 bridgehead atoms. The number of rotatable bonds is 14. The van der Waals surface area contributed by atoms with E-state index in [1.807, 2.05) is 6.92 Å². The standard InChI is InChI=1S/C17H40O2SSi2/c1-7-9-10-11-12-13-14-15-17(16-20(18)8-2)22(5,6)19-21(3)4/h17,21H,7-16H2,1-6H3. The summed E-state index contributed by atoms with van der Waals surface area (Å²) in [6.45, 7) is 13.5. The lowest BCUT2D eigenvalue weighted by atomic mass is 10.1. The summed E-state index contributed by atoms with van der Waals surface area (Å²) in [7, 11) is -3.35. The molecular formula is C17H40O2SSi2. The van der Waals surface area contributed by atoms with Crippen molar-refractivity contribution in [3.63, 3.8) is 0 Å². The maximum absolute atomic E-state index is 12.1. The molecule has 2 unspecified atom stereocenters. The molecule has 134 valence electrons. The first kappa shape index (κ1) is 22.5. The van der Waals surface area contributed by atoms with Crippen molar-refractivity contribution in [2.75, 3.05) is 11.5 Å². The first-order valence-corrected chi connectivity index (χ1v) is 16.6. The van der Waals surface area contributed by atoms with Gasteiger partial charge in [-0.25, -0.2) is 0 Å². The highest BCUT2D eigenvalue weighted by molar-refractivity contribution is 7.85. The monoisotopic (exact) mass is 364 g/mol. The summed E-state index contributed by atoms with van der Waals surface area (Å²) in [6, 6.07) is 0. The number of hydrogen-bond donors (Lipinski definition) is 0. The lowest BCUT2D eigenvalue weighted by molar-refractivity contribution is 0.517. The van der Waals surface area contributed by atoms with E-state index in [0.29, 0.717) is 5.54 Å². The van der Waals surface area contributed by atoms with Crippen molar-refractivity contribution in [3.8, 4) is 0 Å². The Hall–Kier alpha value is 0.544. The van der Waals surface area contributed by atoms with Crippen LogP contribution in [0.15, 0.2) is 0 Å². The Labute approximate surface area is 145 Å². The Morgan fingerprint density at radius 3 is 2.05 bits per heavy atom. The Morgan fingerprint density at radius 1 is 1.00 bits per heavy atom. The summed E-state index contributed by atoms with van der Waals surface area (Å²) in [6.07, 6.45) is 10.7. The van der Waals surface area contributed by atoms with E-state index in [9.17, 15) is 4.21 Å². The maximum atomic E-state index is 12.1. The van der Waals surface area contributed by atoms with E-state index in [1.165, 1.54) is 51.4 Å². The first-order valence-electron chi connectivity index (χ1n) is 9.36. The van der Waals surface area contributed by atoms with Gasteiger partial charge in [-0.3, -0.25) is 4.21 Å². The van der Waals surface area contributed by atoms with E-state index in [1.54, 1.807) is 0 Å². The fourth-order valence-electron chi connectivity index (χ4n) is 3.03. The predicted octanol–water partition coefficient (Wildman–Crippen LogP) is 5.47. The Balaban J connectivity index is 4.27. The van der Waals surface area contributed by atoms with E-state index in [-0.39, 0.29) is 0 Å². The molecule has 0 N–H and O–H groups in total. The zero-order valence-corrected chi connectivity index (χ0v) is 18.9. The van der Waals surface area contributed by atoms with Gasteiger partial charge in [-0.2, -0.15) is 0 Å². The van der Waals surface area contributed by atoms with Gasteiger partial charge in [-0.15, -0.1) is 0 Å². The largest absolute Gasteiger partial charge is 0.458 e. The molecule has 0 rings (SSSR count). The maximum Gasteiger partial charge on any atom is 0.177 e. The molecule has 0 aliphatic carbocycles. The number of hydrogen-bond acceptors (Lipinski definition) is 2. The third kappa shape index (κ3) is 11.1. The highest BCUT2D eigenvalue weighted by atomic mass is 32.2. The average Bonchev–Trinajstić information content (AvgIpc) is 2.43. The molecule has 0 aliphatic rings. The van der Waals surface area contributed by atoms with Crippen LogP contribution >= 0.6 is 0 Å². The van der Waals surface area contributed by atoms with E-state index < -0.39 is 28.2 Å². The molecule has 0 aromatic carbocycles. The highest BCUT2D eigenvalue weighted by Crippen LogP contribution is 2.30. The Morgan fingerprint density at radius 2 is 1.55 bits per heavy atom. The minimum Gasteiger partial charge on any atom is -0.458 e. The van der Waals surface area contributed by atoms with Crippen molar-refractivity contribution >= 4 is 28.2 Å². The molecule has 0 aromatic heterocycles. The van der Waals surface area contributed by atoms with E-state index in [4.69, 9.17) is 4.12 Å². The SMILES string of the molecule is CCCCCCCCCC(CS(=O)CC)[Si](C)(C)O[SiH](C)C. The van der Waals surface area contributed by atoms with Crippen LogP contribution in [0, 0.1) is 0 Å². The van der Waals surface area contributed by atoms with Gasteiger partial charge in [0, 0.05) is 22.3 Å². The molecular weight excluding hydrogens is 324 g/mol. The fraction of sp³-hybridized carbons (Fsp3) is 1.00. The average molecular weight is 365 g/mol. The normalized spacial score (nSPS) is 15.2. The van der Waals surface area contributed by atoms with Gasteiger partial charge in [0.1, 0.15) is 0 Å². The third-order valence-corrected chi connectivity index (χ3v) is 12.9. The van der Waals surface area contributed by atoms with Gasteiger partial charge in [0.05, 0.1) is 0 Å². The molecule has 0 fully saturated rings. The van der Waals surface area contributed by atoms with Crippen molar-refractivity contribution in [1.29, 1.82) is 0 Å². The van der Waals surface area contributed by atoms with Crippen LogP contribution in [0.1, 0.15) is 65.2 Å². The van der Waals surface area contributed by atoms with E-state index in [2.05, 4.69) is 33.1 Å². The molecule has 0 spiro atoms. The molecule has 22 heavy (non-hydrogen) atoms. The molecule has 0 heterocycles. The van der Waals surface area contributed by atoms with Crippen LogP contribution in [0.25, 0.3) is 0 Å². The van der Waals surface area contributed by atoms with Gasteiger partial charge in [0.2, 0.25) is 0 Å². The van der Waals surface area contributed by atoms with Crippen LogP contribution in [-0.2, 0) is 14.9 Å². The zero-order valence-electron chi connectivity index (χ0n) is 16.0.